The highest BCUT2D eigenvalue weighted by atomic mass is 16.6. The smallest absolute Gasteiger partial charge is 0.184 e. The molecule has 0 amide bonds. The summed E-state index contributed by atoms with van der Waals surface area (Å²) < 4.78 is 6.36. The number of rotatable bonds is 6. The molecule has 3 unspecified atom stereocenters. The van der Waals surface area contributed by atoms with Gasteiger partial charge >= 0.3 is 0 Å². The highest BCUT2D eigenvalue weighted by Crippen LogP contribution is 2.78. The Morgan fingerprint density at radius 2 is 1.54 bits per heavy atom. The van der Waals surface area contributed by atoms with Gasteiger partial charge in [-0.2, -0.15) is 0 Å². The molecule has 1 N–H and O–H groups in total. The van der Waals surface area contributed by atoms with Gasteiger partial charge in [0.1, 0.15) is 0 Å². The SMILES string of the molecule is CC(C)=CCC12CC3C[C@H]4C(C)(C)O[C@@H](O)[C@@H]1C4(CC=C(C)C)C(=O)[C@@](C(=O)c1ccccc1)(C2=O)C3(C)C. The molecule has 1 aromatic carbocycles. The van der Waals surface area contributed by atoms with E-state index in [1.165, 1.54) is 0 Å². The van der Waals surface area contributed by atoms with E-state index in [9.17, 15) is 9.90 Å². The number of ether oxygens (including phenoxy) is 1. The van der Waals surface area contributed by atoms with Crippen molar-refractivity contribution in [2.45, 2.75) is 93.0 Å². The molecule has 5 fully saturated rings. The Morgan fingerprint density at radius 3 is 2.13 bits per heavy atom. The standard InChI is InChI=1S/C34H44O5/c1-20(2)14-16-32-19-23-18-24-31(7,8)39-27(36)25(32)33(24,17-15-21(3)4)29(38)34(28(32)37,30(23,5)6)26(35)22-12-10-9-11-13-22/h9-15,23-25,27,36H,16-19H2,1-8H3/t23?,24-,25-,27+,32?,33?,34+/m0/s1. The summed E-state index contributed by atoms with van der Waals surface area (Å²) in [4.78, 5) is 45.7. The first-order chi connectivity index (χ1) is 18.1. The molecular formula is C34H44O5. The number of aliphatic hydroxyl groups excluding tert-OH is 1. The van der Waals surface area contributed by atoms with Crippen molar-refractivity contribution in [1.82, 2.24) is 0 Å². The monoisotopic (exact) mass is 532 g/mol. The number of aliphatic hydroxyl groups is 1. The van der Waals surface area contributed by atoms with Gasteiger partial charge in [0.25, 0.3) is 0 Å². The van der Waals surface area contributed by atoms with Gasteiger partial charge < -0.3 is 9.84 Å². The van der Waals surface area contributed by atoms with Crippen molar-refractivity contribution >= 4 is 17.3 Å². The van der Waals surface area contributed by atoms with E-state index in [4.69, 9.17) is 4.74 Å². The maximum absolute atomic E-state index is 15.6. The summed E-state index contributed by atoms with van der Waals surface area (Å²) in [5, 5.41) is 11.8. The van der Waals surface area contributed by atoms with Gasteiger partial charge in [-0.15, -0.1) is 0 Å². The lowest BCUT2D eigenvalue weighted by atomic mass is 9.33. The maximum Gasteiger partial charge on any atom is 0.184 e. The van der Waals surface area contributed by atoms with Crippen LogP contribution in [-0.2, 0) is 14.3 Å². The summed E-state index contributed by atoms with van der Waals surface area (Å²) in [6.45, 7) is 15.9. The van der Waals surface area contributed by atoms with Crippen molar-refractivity contribution < 1.29 is 24.2 Å². The lowest BCUT2D eigenvalue weighted by Crippen LogP contribution is -2.78. The van der Waals surface area contributed by atoms with Crippen LogP contribution in [0.25, 0.3) is 0 Å². The minimum atomic E-state index is -1.83. The van der Waals surface area contributed by atoms with E-state index in [-0.39, 0.29) is 29.2 Å². The Bertz CT molecular complexity index is 1280. The quantitative estimate of drug-likeness (QED) is 0.257. The highest BCUT2D eigenvalue weighted by molar-refractivity contribution is 6.33. The molecule has 4 saturated carbocycles. The van der Waals surface area contributed by atoms with Gasteiger partial charge in [-0.3, -0.25) is 14.4 Å². The van der Waals surface area contributed by atoms with Crippen molar-refractivity contribution in [3.8, 4) is 0 Å². The molecule has 6 bridgehead atoms. The van der Waals surface area contributed by atoms with Gasteiger partial charge in [-0.25, -0.2) is 0 Å². The average molecular weight is 533 g/mol. The lowest BCUT2D eigenvalue weighted by molar-refractivity contribution is -0.310. The van der Waals surface area contributed by atoms with Crippen molar-refractivity contribution in [2.75, 3.05) is 0 Å². The van der Waals surface area contributed by atoms with E-state index in [0.717, 1.165) is 11.1 Å². The maximum atomic E-state index is 15.6. The summed E-state index contributed by atoms with van der Waals surface area (Å²) in [7, 11) is 0. The van der Waals surface area contributed by atoms with Gasteiger partial charge in [0.05, 0.1) is 5.60 Å². The third kappa shape index (κ3) is 3.41. The minimum absolute atomic E-state index is 0.0749. The first kappa shape index (κ1) is 28.2. The fourth-order valence-corrected chi connectivity index (χ4v) is 9.28. The predicted molar refractivity (Wildman–Crippen MR) is 151 cm³/mol. The van der Waals surface area contributed by atoms with Crippen molar-refractivity contribution in [2.24, 2.45) is 39.4 Å². The number of carbonyl (C=O) groups is 3. The normalized spacial score (nSPS) is 39.2. The molecule has 4 aliphatic carbocycles. The second-order valence-electron chi connectivity index (χ2n) is 14.3. The molecular weight excluding hydrogens is 488 g/mol. The van der Waals surface area contributed by atoms with Crippen LogP contribution in [0.3, 0.4) is 0 Å². The summed E-state index contributed by atoms with van der Waals surface area (Å²) in [6.07, 6.45) is 4.80. The largest absolute Gasteiger partial charge is 0.368 e. The van der Waals surface area contributed by atoms with E-state index in [1.807, 2.05) is 61.5 Å². The van der Waals surface area contributed by atoms with E-state index >= 15 is 9.59 Å². The zero-order valence-electron chi connectivity index (χ0n) is 24.8. The molecule has 6 rings (SSSR count). The first-order valence-corrected chi connectivity index (χ1v) is 14.4. The summed E-state index contributed by atoms with van der Waals surface area (Å²) in [5.41, 5.74) is -3.23. The van der Waals surface area contributed by atoms with Crippen molar-refractivity contribution in [1.29, 1.82) is 0 Å². The number of hydrogen-bond acceptors (Lipinski definition) is 5. The molecule has 1 aromatic rings. The zero-order valence-corrected chi connectivity index (χ0v) is 24.8. The van der Waals surface area contributed by atoms with Crippen LogP contribution in [0.1, 0.15) is 91.4 Å². The van der Waals surface area contributed by atoms with Crippen molar-refractivity contribution in [3.63, 3.8) is 0 Å². The molecule has 5 heteroatoms. The summed E-state index contributed by atoms with van der Waals surface area (Å²) in [6, 6.07) is 8.86. The zero-order chi connectivity index (χ0) is 28.8. The molecule has 1 aliphatic heterocycles. The van der Waals surface area contributed by atoms with Crippen LogP contribution < -0.4 is 0 Å². The van der Waals surface area contributed by atoms with E-state index in [2.05, 4.69) is 12.2 Å². The molecule has 0 spiro atoms. The Hall–Kier alpha value is -2.37. The molecule has 1 heterocycles. The second-order valence-corrected chi connectivity index (χ2v) is 14.3. The Labute approximate surface area is 233 Å². The van der Waals surface area contributed by atoms with Crippen LogP contribution >= 0.6 is 0 Å². The van der Waals surface area contributed by atoms with Gasteiger partial charge in [0.2, 0.25) is 0 Å². The topological polar surface area (TPSA) is 80.7 Å². The molecule has 5 nitrogen and oxygen atoms in total. The Kier molecular flexibility index (Phi) is 6.37. The molecule has 0 radical (unpaired) electrons. The fourth-order valence-electron chi connectivity index (χ4n) is 9.28. The van der Waals surface area contributed by atoms with Crippen LogP contribution in [0.15, 0.2) is 53.6 Å². The third-order valence-electron chi connectivity index (χ3n) is 11.1. The first-order valence-electron chi connectivity index (χ1n) is 14.4. The van der Waals surface area contributed by atoms with Crippen LogP contribution in [0.5, 0.6) is 0 Å². The number of Topliss-reactive ketones (excluding diaryl/α,β-unsaturated/α-hetero) is 3. The fraction of sp³-hybridized carbons (Fsp3) is 0.618. The molecule has 39 heavy (non-hydrogen) atoms. The van der Waals surface area contributed by atoms with Crippen molar-refractivity contribution in [3.05, 3.63) is 59.2 Å². The number of carbonyl (C=O) groups excluding carboxylic acids is 3. The number of ketones is 3. The van der Waals surface area contributed by atoms with Gasteiger partial charge in [0, 0.05) is 28.2 Å². The van der Waals surface area contributed by atoms with Crippen LogP contribution in [0, 0.1) is 39.4 Å². The summed E-state index contributed by atoms with van der Waals surface area (Å²) in [5.74, 6) is -2.05. The van der Waals surface area contributed by atoms with Crippen LogP contribution in [0.4, 0.5) is 0 Å². The van der Waals surface area contributed by atoms with E-state index in [1.54, 1.807) is 24.3 Å². The number of allylic oxidation sites excluding steroid dienone is 4. The predicted octanol–water partition coefficient (Wildman–Crippen LogP) is 6.50. The molecule has 5 aliphatic rings. The van der Waals surface area contributed by atoms with Gasteiger partial charge in [-0.1, -0.05) is 67.5 Å². The number of benzene rings is 1. The van der Waals surface area contributed by atoms with Gasteiger partial charge in [-0.05, 0) is 78.6 Å². The third-order valence-corrected chi connectivity index (χ3v) is 11.1. The number of hydrogen-bond donors (Lipinski definition) is 1. The molecule has 210 valence electrons. The van der Waals surface area contributed by atoms with E-state index < -0.39 is 39.5 Å². The molecule has 1 saturated heterocycles. The molecule has 7 atom stereocenters. The minimum Gasteiger partial charge on any atom is -0.368 e. The Balaban J connectivity index is 1.93. The average Bonchev–Trinajstić information content (AvgIpc) is 2.98. The second kappa shape index (κ2) is 8.81. The Morgan fingerprint density at radius 1 is 0.949 bits per heavy atom. The van der Waals surface area contributed by atoms with Crippen LogP contribution in [-0.4, -0.2) is 34.3 Å². The molecule has 0 aromatic heterocycles. The van der Waals surface area contributed by atoms with Gasteiger partial charge in [0.15, 0.2) is 29.1 Å². The highest BCUT2D eigenvalue weighted by Gasteiger charge is 2.86. The summed E-state index contributed by atoms with van der Waals surface area (Å²) >= 11 is 0. The van der Waals surface area contributed by atoms with E-state index in [0.29, 0.717) is 31.2 Å². The van der Waals surface area contributed by atoms with Crippen LogP contribution in [0.2, 0.25) is 0 Å². The lowest BCUT2D eigenvalue weighted by Gasteiger charge is -2.67.